The molecule has 130 valence electrons. The highest BCUT2D eigenvalue weighted by molar-refractivity contribution is 5.95. The number of benzene rings is 2. The molecule has 3 aliphatic heterocycles. The van der Waals surface area contributed by atoms with Crippen molar-refractivity contribution in [3.05, 3.63) is 59.7 Å². The predicted octanol–water partition coefficient (Wildman–Crippen LogP) is 2.64. The lowest BCUT2D eigenvalue weighted by Gasteiger charge is -2.44. The van der Waals surface area contributed by atoms with Gasteiger partial charge >= 0.3 is 0 Å². The van der Waals surface area contributed by atoms with Gasteiger partial charge < -0.3 is 16.0 Å². The Hall–Kier alpha value is -2.17. The van der Waals surface area contributed by atoms with Crippen molar-refractivity contribution in [2.45, 2.75) is 25.4 Å². The van der Waals surface area contributed by atoms with Gasteiger partial charge in [0.25, 0.3) is 5.91 Å². The first-order chi connectivity index (χ1) is 12.2. The van der Waals surface area contributed by atoms with Crippen molar-refractivity contribution < 1.29 is 4.79 Å². The molecule has 1 atom stereocenters. The summed E-state index contributed by atoms with van der Waals surface area (Å²) in [5.41, 5.74) is 9.72. The highest BCUT2D eigenvalue weighted by Crippen LogP contribution is 2.28. The molecule has 2 aromatic carbocycles. The molecule has 3 heterocycles. The minimum absolute atomic E-state index is 0.0376. The van der Waals surface area contributed by atoms with Crippen LogP contribution in [0.15, 0.2) is 48.5 Å². The van der Waals surface area contributed by atoms with Crippen LogP contribution in [0.3, 0.4) is 0 Å². The highest BCUT2D eigenvalue weighted by Gasteiger charge is 2.34. The van der Waals surface area contributed by atoms with Gasteiger partial charge in [0.15, 0.2) is 0 Å². The van der Waals surface area contributed by atoms with E-state index < -0.39 is 0 Å². The maximum atomic E-state index is 12.7. The molecule has 2 bridgehead atoms. The number of nitrogens with two attached hydrogens (primary N) is 1. The number of carbonyl (C=O) groups is 1. The smallest absolute Gasteiger partial charge is 0.251 e. The number of fused-ring (bicyclic) bond motifs is 3. The Balaban J connectivity index is 1.51. The normalized spacial score (nSPS) is 24.9. The number of amides is 1. The molecule has 0 aliphatic carbocycles. The van der Waals surface area contributed by atoms with Gasteiger partial charge in [-0.15, -0.1) is 0 Å². The van der Waals surface area contributed by atoms with Crippen LogP contribution in [0.2, 0.25) is 0 Å². The lowest BCUT2D eigenvalue weighted by molar-refractivity contribution is 0.0620. The summed E-state index contributed by atoms with van der Waals surface area (Å²) >= 11 is 0. The first-order valence-electron chi connectivity index (χ1n) is 9.15. The van der Waals surface area contributed by atoms with Crippen molar-refractivity contribution in [3.8, 4) is 11.1 Å². The quantitative estimate of drug-likeness (QED) is 0.903. The molecule has 0 unspecified atom stereocenters. The molecule has 1 amide bonds. The van der Waals surface area contributed by atoms with Crippen LogP contribution in [-0.2, 0) is 6.54 Å². The van der Waals surface area contributed by atoms with Gasteiger partial charge in [-0.2, -0.15) is 0 Å². The molecule has 3 saturated heterocycles. The Kier molecular flexibility index (Phi) is 4.55. The van der Waals surface area contributed by atoms with Crippen molar-refractivity contribution in [3.63, 3.8) is 0 Å². The van der Waals surface area contributed by atoms with Gasteiger partial charge in [0, 0.05) is 24.7 Å². The molecule has 2 aromatic rings. The molecule has 0 aromatic heterocycles. The number of hydrogen-bond acceptors (Lipinski definition) is 3. The van der Waals surface area contributed by atoms with Gasteiger partial charge in [0.05, 0.1) is 0 Å². The zero-order valence-corrected chi connectivity index (χ0v) is 14.4. The Bertz CT molecular complexity index is 765. The predicted molar refractivity (Wildman–Crippen MR) is 100 cm³/mol. The number of rotatable bonds is 4. The summed E-state index contributed by atoms with van der Waals surface area (Å²) in [4.78, 5) is 15.2. The van der Waals surface area contributed by atoms with Crippen LogP contribution >= 0.6 is 0 Å². The van der Waals surface area contributed by atoms with Crippen molar-refractivity contribution in [2.75, 3.05) is 19.6 Å². The minimum Gasteiger partial charge on any atom is -0.348 e. The topological polar surface area (TPSA) is 58.4 Å². The maximum absolute atomic E-state index is 12.7. The fourth-order valence-electron chi connectivity index (χ4n) is 4.10. The van der Waals surface area contributed by atoms with E-state index in [2.05, 4.69) is 22.3 Å². The van der Waals surface area contributed by atoms with Crippen LogP contribution in [0.5, 0.6) is 0 Å². The summed E-state index contributed by atoms with van der Waals surface area (Å²) in [6, 6.07) is 16.3. The monoisotopic (exact) mass is 335 g/mol. The third-order valence-electron chi connectivity index (χ3n) is 5.59. The largest absolute Gasteiger partial charge is 0.348 e. The zero-order valence-electron chi connectivity index (χ0n) is 14.4. The molecule has 4 nitrogen and oxygen atoms in total. The second-order valence-corrected chi connectivity index (χ2v) is 7.20. The lowest BCUT2D eigenvalue weighted by Crippen LogP contribution is -2.57. The number of hydrogen-bond donors (Lipinski definition) is 2. The molecule has 25 heavy (non-hydrogen) atoms. The Morgan fingerprint density at radius 3 is 2.48 bits per heavy atom. The molecule has 3 fully saturated rings. The highest BCUT2D eigenvalue weighted by atomic mass is 16.1. The van der Waals surface area contributed by atoms with Crippen molar-refractivity contribution in [1.82, 2.24) is 10.2 Å². The van der Waals surface area contributed by atoms with Gasteiger partial charge in [0.1, 0.15) is 0 Å². The van der Waals surface area contributed by atoms with Crippen molar-refractivity contribution in [2.24, 2.45) is 11.7 Å². The molecule has 0 spiro atoms. The van der Waals surface area contributed by atoms with Crippen LogP contribution in [0, 0.1) is 5.92 Å². The van der Waals surface area contributed by atoms with E-state index in [-0.39, 0.29) is 5.91 Å². The number of nitrogens with one attached hydrogen (secondary N) is 1. The van der Waals surface area contributed by atoms with Gasteiger partial charge in [-0.1, -0.05) is 30.3 Å². The van der Waals surface area contributed by atoms with Crippen LogP contribution in [-0.4, -0.2) is 36.5 Å². The second kappa shape index (κ2) is 6.98. The van der Waals surface area contributed by atoms with E-state index in [4.69, 9.17) is 5.73 Å². The first-order valence-corrected chi connectivity index (χ1v) is 9.15. The van der Waals surface area contributed by atoms with E-state index in [1.807, 2.05) is 36.4 Å². The number of nitrogens with zero attached hydrogens (tertiary/aromatic N) is 1. The summed E-state index contributed by atoms with van der Waals surface area (Å²) < 4.78 is 0. The lowest BCUT2D eigenvalue weighted by atomic mass is 9.84. The molecule has 3 N–H and O–H groups in total. The fraction of sp³-hybridized carbons (Fsp3) is 0.381. The maximum Gasteiger partial charge on any atom is 0.251 e. The summed E-state index contributed by atoms with van der Waals surface area (Å²) in [6.07, 6.45) is 2.41. The number of carbonyl (C=O) groups excluding carboxylic acids is 1. The van der Waals surface area contributed by atoms with Crippen molar-refractivity contribution >= 4 is 5.91 Å². The Labute approximate surface area is 149 Å². The SMILES string of the molecule is NCc1cccc(-c2cccc(C(=O)N[C@H]3CN4CCC3CC4)c2)c1. The molecule has 0 radical (unpaired) electrons. The summed E-state index contributed by atoms with van der Waals surface area (Å²) in [6.45, 7) is 3.89. The second-order valence-electron chi connectivity index (χ2n) is 7.20. The van der Waals surface area contributed by atoms with E-state index in [9.17, 15) is 4.79 Å². The standard InChI is InChI=1S/C21H25N3O/c22-13-15-3-1-4-17(11-15)18-5-2-6-19(12-18)21(25)23-20-14-24-9-7-16(20)8-10-24/h1-6,11-12,16,20H,7-10,13-14,22H2,(H,23,25)/t20-/m0/s1. The van der Waals surface area contributed by atoms with Crippen LogP contribution < -0.4 is 11.1 Å². The Morgan fingerprint density at radius 2 is 1.80 bits per heavy atom. The molecule has 3 aliphatic rings. The van der Waals surface area contributed by atoms with Gasteiger partial charge in [-0.05, 0) is 66.7 Å². The number of piperidine rings is 3. The van der Waals surface area contributed by atoms with Crippen LogP contribution in [0.1, 0.15) is 28.8 Å². The van der Waals surface area contributed by atoms with Gasteiger partial charge in [-0.3, -0.25) is 4.79 Å². The van der Waals surface area contributed by atoms with E-state index in [1.165, 1.54) is 25.9 Å². The molecular weight excluding hydrogens is 310 g/mol. The summed E-state index contributed by atoms with van der Waals surface area (Å²) in [7, 11) is 0. The molecule has 5 rings (SSSR count). The average Bonchev–Trinajstić information content (AvgIpc) is 2.69. The average molecular weight is 335 g/mol. The minimum atomic E-state index is 0.0376. The molecule has 0 saturated carbocycles. The molecule has 4 heteroatoms. The fourth-order valence-corrected chi connectivity index (χ4v) is 4.10. The molecular formula is C21H25N3O. The summed E-state index contributed by atoms with van der Waals surface area (Å²) in [5, 5.41) is 3.27. The first kappa shape index (κ1) is 16.3. The van der Waals surface area contributed by atoms with Gasteiger partial charge in [0.2, 0.25) is 0 Å². The van der Waals surface area contributed by atoms with E-state index in [0.717, 1.165) is 28.8 Å². The van der Waals surface area contributed by atoms with E-state index in [1.54, 1.807) is 0 Å². The van der Waals surface area contributed by atoms with Crippen LogP contribution in [0.25, 0.3) is 11.1 Å². The van der Waals surface area contributed by atoms with Crippen molar-refractivity contribution in [1.29, 1.82) is 0 Å². The zero-order chi connectivity index (χ0) is 17.2. The van der Waals surface area contributed by atoms with E-state index in [0.29, 0.717) is 18.5 Å². The third kappa shape index (κ3) is 3.46. The van der Waals surface area contributed by atoms with Gasteiger partial charge in [-0.25, -0.2) is 0 Å². The summed E-state index contributed by atoms with van der Waals surface area (Å²) in [5.74, 6) is 0.675. The van der Waals surface area contributed by atoms with Crippen LogP contribution in [0.4, 0.5) is 0 Å². The third-order valence-corrected chi connectivity index (χ3v) is 5.59. The Morgan fingerprint density at radius 1 is 1.08 bits per heavy atom. The van der Waals surface area contributed by atoms with E-state index >= 15 is 0 Å².